The van der Waals surface area contributed by atoms with E-state index in [-0.39, 0.29) is 0 Å². The Morgan fingerprint density at radius 2 is 0.952 bits per heavy atom. The van der Waals surface area contributed by atoms with E-state index in [2.05, 4.69) is 161 Å². The number of aromatic nitrogens is 2. The van der Waals surface area contributed by atoms with Gasteiger partial charge >= 0.3 is 0 Å². The highest BCUT2D eigenvalue weighted by molar-refractivity contribution is 6.05. The van der Waals surface area contributed by atoms with E-state index in [1.54, 1.807) is 0 Å². The van der Waals surface area contributed by atoms with Crippen molar-refractivity contribution in [3.63, 3.8) is 0 Å². The summed E-state index contributed by atoms with van der Waals surface area (Å²) in [5.74, 6) is 0.884. The van der Waals surface area contributed by atoms with Crippen LogP contribution in [0.1, 0.15) is 0 Å². The molecule has 0 N–H and O–H groups in total. The molecule has 1 aliphatic rings. The number of para-hydroxylation sites is 2. The van der Waals surface area contributed by atoms with Crippen LogP contribution in [0.4, 0.5) is 17.3 Å². The van der Waals surface area contributed by atoms with Gasteiger partial charge in [-0.3, -0.25) is 9.47 Å². The van der Waals surface area contributed by atoms with Crippen molar-refractivity contribution in [1.29, 1.82) is 0 Å². The highest BCUT2D eigenvalue weighted by Crippen LogP contribution is 2.49. The molecule has 3 nitrogen and oxygen atoms in total. The van der Waals surface area contributed by atoms with Crippen molar-refractivity contribution >= 4 is 49.9 Å². The van der Waals surface area contributed by atoms with Gasteiger partial charge in [0.2, 0.25) is 5.95 Å². The average molecular weight is 536 g/mol. The van der Waals surface area contributed by atoms with E-state index in [1.807, 2.05) is 0 Å². The minimum Gasteiger partial charge on any atom is -0.280 e. The molecule has 3 heteroatoms. The van der Waals surface area contributed by atoms with E-state index < -0.39 is 0 Å². The maximum absolute atomic E-state index is 5.30. The van der Waals surface area contributed by atoms with Crippen LogP contribution < -0.4 is 4.90 Å². The third kappa shape index (κ3) is 3.44. The predicted octanol–water partition coefficient (Wildman–Crippen LogP) is 10.4. The maximum atomic E-state index is 5.30. The first kappa shape index (κ1) is 23.1. The van der Waals surface area contributed by atoms with Crippen LogP contribution in [0, 0.1) is 0 Å². The van der Waals surface area contributed by atoms with E-state index in [0.717, 1.165) is 34.0 Å². The van der Waals surface area contributed by atoms with Crippen molar-refractivity contribution in [1.82, 2.24) is 9.55 Å². The first-order chi connectivity index (χ1) is 20.8. The number of rotatable bonds is 2. The molecule has 2 heterocycles. The minimum absolute atomic E-state index is 0.884. The predicted molar refractivity (Wildman–Crippen MR) is 175 cm³/mol. The topological polar surface area (TPSA) is 21.1 Å². The Morgan fingerprint density at radius 1 is 0.429 bits per heavy atom. The van der Waals surface area contributed by atoms with Crippen LogP contribution in [-0.2, 0) is 0 Å². The fourth-order valence-corrected chi connectivity index (χ4v) is 6.45. The van der Waals surface area contributed by atoms with E-state index in [0.29, 0.717) is 0 Å². The third-order valence-corrected chi connectivity index (χ3v) is 8.48. The molecule has 0 atom stereocenters. The average Bonchev–Trinajstić information content (AvgIpc) is 3.39. The molecule has 0 radical (unpaired) electrons. The Bertz CT molecular complexity index is 2300. The molecule has 8 aromatic rings. The minimum atomic E-state index is 0.884. The SMILES string of the molecule is c1ccc(-c2ccc(N3c4cc5ccccc5cc4-c4cc5ccccc5cc4-n4c3nc3ccccc34)cc2)cc1. The molecule has 0 spiro atoms. The van der Waals surface area contributed by atoms with Gasteiger partial charge in [0.1, 0.15) is 0 Å². The van der Waals surface area contributed by atoms with Gasteiger partial charge in [0.25, 0.3) is 0 Å². The Hall–Kier alpha value is -5.67. The van der Waals surface area contributed by atoms with Crippen LogP contribution in [0.3, 0.4) is 0 Å². The smallest absolute Gasteiger partial charge is 0.220 e. The highest BCUT2D eigenvalue weighted by Gasteiger charge is 2.30. The Balaban J connectivity index is 1.40. The Kier molecular flexibility index (Phi) is 4.90. The van der Waals surface area contributed by atoms with E-state index in [1.165, 1.54) is 43.8 Å². The molecule has 0 unspecified atom stereocenters. The Labute approximate surface area is 243 Å². The zero-order valence-corrected chi connectivity index (χ0v) is 22.8. The number of hydrogen-bond acceptors (Lipinski definition) is 2. The van der Waals surface area contributed by atoms with Crippen molar-refractivity contribution in [2.75, 3.05) is 4.90 Å². The molecule has 0 fully saturated rings. The number of benzene rings is 7. The lowest BCUT2D eigenvalue weighted by Crippen LogP contribution is -2.14. The monoisotopic (exact) mass is 535 g/mol. The molecule has 1 aliphatic heterocycles. The molecular weight excluding hydrogens is 510 g/mol. The maximum Gasteiger partial charge on any atom is 0.220 e. The first-order valence-corrected chi connectivity index (χ1v) is 14.3. The summed E-state index contributed by atoms with van der Waals surface area (Å²) < 4.78 is 2.34. The summed E-state index contributed by atoms with van der Waals surface area (Å²) in [6.07, 6.45) is 0. The van der Waals surface area contributed by atoms with E-state index >= 15 is 0 Å². The lowest BCUT2D eigenvalue weighted by molar-refractivity contribution is 1.05. The van der Waals surface area contributed by atoms with Gasteiger partial charge in [0.15, 0.2) is 0 Å². The lowest BCUT2D eigenvalue weighted by atomic mass is 9.95. The van der Waals surface area contributed by atoms with Crippen molar-refractivity contribution in [2.45, 2.75) is 0 Å². The standard InChI is InChI=1S/C39H25N3/c1-2-10-26(11-3-1)27-18-20-32(21-19-27)41-37-24-30-14-6-4-12-28(30)22-33(37)34-23-29-13-5-7-15-31(29)25-38(34)42-36-17-9-8-16-35(36)40-39(41)42/h1-25H. The second-order valence-electron chi connectivity index (χ2n) is 10.9. The molecule has 0 saturated heterocycles. The van der Waals surface area contributed by atoms with Gasteiger partial charge in [-0.25, -0.2) is 4.98 Å². The number of nitrogens with zero attached hydrogens (tertiary/aromatic N) is 3. The molecule has 0 amide bonds. The van der Waals surface area contributed by atoms with Crippen LogP contribution in [0.5, 0.6) is 0 Å². The van der Waals surface area contributed by atoms with Crippen LogP contribution >= 0.6 is 0 Å². The van der Waals surface area contributed by atoms with E-state index in [4.69, 9.17) is 4.98 Å². The molecule has 42 heavy (non-hydrogen) atoms. The zero-order chi connectivity index (χ0) is 27.6. The van der Waals surface area contributed by atoms with Gasteiger partial charge in [-0.05, 0) is 81.2 Å². The van der Waals surface area contributed by atoms with E-state index in [9.17, 15) is 0 Å². The van der Waals surface area contributed by atoms with Gasteiger partial charge in [0, 0.05) is 16.8 Å². The van der Waals surface area contributed by atoms with Gasteiger partial charge in [0.05, 0.1) is 22.4 Å². The highest BCUT2D eigenvalue weighted by atomic mass is 15.3. The molecule has 0 aliphatic carbocycles. The van der Waals surface area contributed by atoms with Crippen molar-refractivity contribution in [3.8, 4) is 27.9 Å². The molecule has 9 rings (SSSR count). The number of hydrogen-bond donors (Lipinski definition) is 0. The summed E-state index contributed by atoms with van der Waals surface area (Å²) in [7, 11) is 0. The fourth-order valence-electron chi connectivity index (χ4n) is 6.45. The van der Waals surface area contributed by atoms with Gasteiger partial charge in [-0.2, -0.15) is 0 Å². The quantitative estimate of drug-likeness (QED) is 0.220. The second-order valence-corrected chi connectivity index (χ2v) is 10.9. The van der Waals surface area contributed by atoms with Crippen LogP contribution in [0.25, 0.3) is 60.5 Å². The molecular formula is C39H25N3. The Morgan fingerprint density at radius 3 is 1.64 bits per heavy atom. The van der Waals surface area contributed by atoms with Crippen molar-refractivity contribution in [2.24, 2.45) is 0 Å². The summed E-state index contributed by atoms with van der Waals surface area (Å²) in [5, 5.41) is 4.86. The zero-order valence-electron chi connectivity index (χ0n) is 22.8. The summed E-state index contributed by atoms with van der Waals surface area (Å²) in [5.41, 5.74) is 10.2. The first-order valence-electron chi connectivity index (χ1n) is 14.3. The summed E-state index contributed by atoms with van der Waals surface area (Å²) >= 11 is 0. The van der Waals surface area contributed by atoms with Gasteiger partial charge in [-0.1, -0.05) is 103 Å². The largest absolute Gasteiger partial charge is 0.280 e. The van der Waals surface area contributed by atoms with Gasteiger partial charge < -0.3 is 0 Å². The van der Waals surface area contributed by atoms with Gasteiger partial charge in [-0.15, -0.1) is 0 Å². The van der Waals surface area contributed by atoms with Crippen LogP contribution in [0.15, 0.2) is 152 Å². The fraction of sp³-hybridized carbons (Fsp3) is 0. The molecule has 196 valence electrons. The second kappa shape index (κ2) is 8.92. The van der Waals surface area contributed by atoms with Crippen molar-refractivity contribution in [3.05, 3.63) is 152 Å². The van der Waals surface area contributed by atoms with Crippen molar-refractivity contribution < 1.29 is 0 Å². The molecule has 0 saturated carbocycles. The summed E-state index contributed by atoms with van der Waals surface area (Å²) in [4.78, 5) is 7.63. The van der Waals surface area contributed by atoms with Crippen LogP contribution in [0.2, 0.25) is 0 Å². The number of imidazole rings is 1. The lowest BCUT2D eigenvalue weighted by Gasteiger charge is -2.25. The molecule has 7 aromatic carbocycles. The third-order valence-electron chi connectivity index (χ3n) is 8.48. The summed E-state index contributed by atoms with van der Waals surface area (Å²) in [6, 6.07) is 54.4. The normalized spacial score (nSPS) is 12.2. The number of fused-ring (bicyclic) bond motifs is 9. The molecule has 0 bridgehead atoms. The summed E-state index contributed by atoms with van der Waals surface area (Å²) in [6.45, 7) is 0. The van der Waals surface area contributed by atoms with Crippen LogP contribution in [-0.4, -0.2) is 9.55 Å². The number of anilines is 3. The molecule has 1 aromatic heterocycles.